The Morgan fingerprint density at radius 1 is 0.375 bits per heavy atom. The highest BCUT2D eigenvalue weighted by atomic mass is 14.9. The van der Waals surface area contributed by atoms with Crippen molar-refractivity contribution in [2.45, 2.75) is 12.8 Å². The van der Waals surface area contributed by atoms with Gasteiger partial charge in [0.2, 0.25) is 0 Å². The first-order chi connectivity index (χ1) is 27.7. The molecule has 6 aromatic carbocycles. The molecule has 4 nitrogen and oxygen atoms in total. The summed E-state index contributed by atoms with van der Waals surface area (Å²) in [6.07, 6.45) is 8.09. The highest BCUT2D eigenvalue weighted by Gasteiger charge is 2.19. The fourth-order valence-corrected chi connectivity index (χ4v) is 7.86. The van der Waals surface area contributed by atoms with Crippen LogP contribution in [0.25, 0.3) is 83.9 Å². The number of hydrogen-bond acceptors (Lipinski definition) is 4. The topological polar surface area (TPSA) is 51.6 Å². The zero-order valence-electron chi connectivity index (χ0n) is 30.7. The Morgan fingerprint density at radius 3 is 1.57 bits per heavy atom. The zero-order chi connectivity index (χ0) is 37.3. The van der Waals surface area contributed by atoms with E-state index in [0.717, 1.165) is 74.6 Å². The molecule has 9 aromatic rings. The lowest BCUT2D eigenvalue weighted by Gasteiger charge is -2.20. The van der Waals surface area contributed by atoms with Gasteiger partial charge in [-0.1, -0.05) is 133 Å². The maximum Gasteiger partial charge on any atom is 0.160 e. The van der Waals surface area contributed by atoms with Crippen LogP contribution in [0, 0.1) is 0 Å². The summed E-state index contributed by atoms with van der Waals surface area (Å²) in [4.78, 5) is 19.8. The Morgan fingerprint density at radius 2 is 0.911 bits per heavy atom. The van der Waals surface area contributed by atoms with Crippen molar-refractivity contribution in [3.63, 3.8) is 0 Å². The van der Waals surface area contributed by atoms with E-state index >= 15 is 0 Å². The van der Waals surface area contributed by atoms with E-state index in [1.807, 2.05) is 48.8 Å². The fraction of sp³-hybridized carbons (Fsp3) is 0.0385. The first-order valence-electron chi connectivity index (χ1n) is 19.1. The van der Waals surface area contributed by atoms with Crippen molar-refractivity contribution in [2.75, 3.05) is 0 Å². The molecule has 0 spiro atoms. The van der Waals surface area contributed by atoms with E-state index < -0.39 is 0 Å². The van der Waals surface area contributed by atoms with Crippen LogP contribution < -0.4 is 0 Å². The van der Waals surface area contributed by atoms with E-state index in [0.29, 0.717) is 5.82 Å². The van der Waals surface area contributed by atoms with Gasteiger partial charge in [-0.3, -0.25) is 9.97 Å². The number of hydrogen-bond donors (Lipinski definition) is 0. The molecule has 0 atom stereocenters. The second-order valence-electron chi connectivity index (χ2n) is 14.2. The van der Waals surface area contributed by atoms with Crippen LogP contribution in [0.3, 0.4) is 0 Å². The molecule has 264 valence electrons. The van der Waals surface area contributed by atoms with Crippen molar-refractivity contribution < 1.29 is 0 Å². The van der Waals surface area contributed by atoms with Gasteiger partial charge in [-0.2, -0.15) is 0 Å². The molecule has 0 amide bonds. The lowest BCUT2D eigenvalue weighted by atomic mass is 9.85. The fourth-order valence-electron chi connectivity index (χ4n) is 7.86. The third-order valence-corrected chi connectivity index (χ3v) is 10.7. The second-order valence-corrected chi connectivity index (χ2v) is 14.2. The van der Waals surface area contributed by atoms with Crippen molar-refractivity contribution in [1.82, 2.24) is 19.9 Å². The van der Waals surface area contributed by atoms with Crippen LogP contribution in [0.4, 0.5) is 0 Å². The number of rotatable bonds is 7. The first kappa shape index (κ1) is 33.3. The Kier molecular flexibility index (Phi) is 8.62. The largest absolute Gasteiger partial charge is 0.256 e. The van der Waals surface area contributed by atoms with Gasteiger partial charge in [0.25, 0.3) is 0 Å². The van der Waals surface area contributed by atoms with E-state index in [2.05, 4.69) is 156 Å². The van der Waals surface area contributed by atoms with Crippen LogP contribution in [0.1, 0.15) is 23.1 Å². The van der Waals surface area contributed by atoms with Crippen LogP contribution in [0.5, 0.6) is 0 Å². The summed E-state index contributed by atoms with van der Waals surface area (Å²) in [6, 6.07) is 61.9. The van der Waals surface area contributed by atoms with Crippen molar-refractivity contribution in [3.8, 4) is 67.5 Å². The summed E-state index contributed by atoms with van der Waals surface area (Å²) in [5.74, 6) is 0.674. The number of pyridine rings is 2. The number of nitrogens with zero attached hydrogens (tertiary/aromatic N) is 4. The lowest BCUT2D eigenvalue weighted by molar-refractivity contribution is 0.978. The maximum absolute atomic E-state index is 5.34. The summed E-state index contributed by atoms with van der Waals surface area (Å²) in [6.45, 7) is 0. The van der Waals surface area contributed by atoms with Crippen molar-refractivity contribution in [1.29, 1.82) is 0 Å². The van der Waals surface area contributed by atoms with Gasteiger partial charge in [0.1, 0.15) is 0 Å². The van der Waals surface area contributed by atoms with Crippen molar-refractivity contribution >= 4 is 16.3 Å². The summed E-state index contributed by atoms with van der Waals surface area (Å²) >= 11 is 0. The predicted molar refractivity (Wildman–Crippen MR) is 230 cm³/mol. The Bertz CT molecular complexity index is 2770. The second kappa shape index (κ2) is 14.5. The third-order valence-electron chi connectivity index (χ3n) is 10.7. The van der Waals surface area contributed by atoms with Gasteiger partial charge in [0.05, 0.1) is 22.8 Å². The van der Waals surface area contributed by atoms with Gasteiger partial charge < -0.3 is 0 Å². The molecule has 56 heavy (non-hydrogen) atoms. The standard InChI is InChI=1S/C52H36N4/c1-3-15-44-35(11-1)13-9-17-46(44)41-31-42(47-18-10-14-36-12-2-4-16-45(36)47)33-43(32-41)52-55-50(39-25-21-37(22-26-39)48-19-5-7-29-53-48)34-51(56-52)40-27-23-38(24-28-40)49-20-6-8-30-54-49/h1-9,11-13,15-34H,10,14H2. The molecule has 0 fully saturated rings. The predicted octanol–water partition coefficient (Wildman–Crippen LogP) is 12.8. The van der Waals surface area contributed by atoms with E-state index in [9.17, 15) is 0 Å². The summed E-state index contributed by atoms with van der Waals surface area (Å²) in [7, 11) is 0. The van der Waals surface area contributed by atoms with Gasteiger partial charge in [-0.25, -0.2) is 9.97 Å². The molecule has 1 aliphatic carbocycles. The molecule has 3 aromatic heterocycles. The minimum absolute atomic E-state index is 0.674. The van der Waals surface area contributed by atoms with Crippen LogP contribution in [0.2, 0.25) is 0 Å². The highest BCUT2D eigenvalue weighted by Crippen LogP contribution is 2.39. The van der Waals surface area contributed by atoms with Crippen molar-refractivity contribution in [3.05, 3.63) is 211 Å². The third kappa shape index (κ3) is 6.48. The molecule has 0 N–H and O–H groups in total. The SMILES string of the molecule is C1=C(c2cc(-c3nc(-c4ccc(-c5ccccn5)cc4)cc(-c4ccc(-c5ccccn5)cc4)n3)cc(-c3cccc4ccccc34)c2)c2ccccc2CC1. The molecule has 0 aliphatic heterocycles. The molecule has 0 bridgehead atoms. The average Bonchev–Trinajstić information content (AvgIpc) is 3.29. The average molecular weight is 717 g/mol. The number of benzene rings is 6. The number of fused-ring (bicyclic) bond motifs is 2. The molecule has 10 rings (SSSR count). The van der Waals surface area contributed by atoms with Crippen LogP contribution in [-0.4, -0.2) is 19.9 Å². The minimum atomic E-state index is 0.674. The van der Waals surface area contributed by atoms with E-state index in [1.165, 1.54) is 33.0 Å². The van der Waals surface area contributed by atoms with Gasteiger partial charge in [0.15, 0.2) is 5.82 Å². The normalized spacial score (nSPS) is 12.2. The van der Waals surface area contributed by atoms with Crippen LogP contribution in [0.15, 0.2) is 194 Å². The summed E-state index contributed by atoms with van der Waals surface area (Å²) < 4.78 is 0. The maximum atomic E-state index is 5.34. The van der Waals surface area contributed by atoms with E-state index in [1.54, 1.807) is 0 Å². The van der Waals surface area contributed by atoms with Crippen LogP contribution >= 0.6 is 0 Å². The molecule has 0 saturated heterocycles. The monoisotopic (exact) mass is 716 g/mol. The number of aryl methyl sites for hydroxylation is 1. The molecular formula is C52H36N4. The zero-order valence-corrected chi connectivity index (χ0v) is 30.7. The van der Waals surface area contributed by atoms with Gasteiger partial charge in [-0.15, -0.1) is 0 Å². The smallest absolute Gasteiger partial charge is 0.160 e. The lowest BCUT2D eigenvalue weighted by Crippen LogP contribution is -2.02. The Hall–Kier alpha value is -7.30. The molecule has 4 heteroatoms. The molecule has 3 heterocycles. The molecule has 1 aliphatic rings. The Labute approximate surface area is 326 Å². The molecule has 0 unspecified atom stereocenters. The number of aromatic nitrogens is 4. The van der Waals surface area contributed by atoms with Gasteiger partial charge >= 0.3 is 0 Å². The van der Waals surface area contributed by atoms with E-state index in [-0.39, 0.29) is 0 Å². The summed E-state index contributed by atoms with van der Waals surface area (Å²) in [5, 5.41) is 2.43. The van der Waals surface area contributed by atoms with Gasteiger partial charge in [-0.05, 0) is 106 Å². The van der Waals surface area contributed by atoms with Crippen molar-refractivity contribution in [2.24, 2.45) is 0 Å². The highest BCUT2D eigenvalue weighted by molar-refractivity contribution is 5.98. The summed E-state index contributed by atoms with van der Waals surface area (Å²) in [5.41, 5.74) is 16.1. The molecule has 0 saturated carbocycles. The molecular weight excluding hydrogens is 681 g/mol. The quantitative estimate of drug-likeness (QED) is 0.165. The van der Waals surface area contributed by atoms with Gasteiger partial charge in [0, 0.05) is 40.2 Å². The Balaban J connectivity index is 1.16. The minimum Gasteiger partial charge on any atom is -0.256 e. The van der Waals surface area contributed by atoms with Crippen LogP contribution in [-0.2, 0) is 6.42 Å². The first-order valence-corrected chi connectivity index (χ1v) is 19.1. The molecule has 0 radical (unpaired) electrons. The number of allylic oxidation sites excluding steroid dienone is 1. The van der Waals surface area contributed by atoms with E-state index in [4.69, 9.17) is 9.97 Å².